The summed E-state index contributed by atoms with van der Waals surface area (Å²) in [6.07, 6.45) is 1.90. The van der Waals surface area contributed by atoms with E-state index in [1.165, 1.54) is 12.0 Å². The summed E-state index contributed by atoms with van der Waals surface area (Å²) in [6, 6.07) is 11.3. The zero-order valence-electron chi connectivity index (χ0n) is 9.19. The lowest BCUT2D eigenvalue weighted by Gasteiger charge is -2.06. The van der Waals surface area contributed by atoms with Gasteiger partial charge in [0, 0.05) is 12.0 Å². The van der Waals surface area contributed by atoms with Gasteiger partial charge >= 0.3 is 0 Å². The van der Waals surface area contributed by atoms with Crippen LogP contribution in [0.15, 0.2) is 30.3 Å². The first kappa shape index (κ1) is 10.7. The van der Waals surface area contributed by atoms with E-state index in [4.69, 9.17) is 5.11 Å². The average molecular weight is 205 g/mol. The summed E-state index contributed by atoms with van der Waals surface area (Å²) in [5, 5.41) is 12.6. The molecule has 0 spiro atoms. The Labute approximate surface area is 91.3 Å². The fraction of sp³-hybridized carbons (Fsp3) is 0.538. The lowest BCUT2D eigenvalue weighted by Crippen LogP contribution is -2.22. The number of hydrogen-bond acceptors (Lipinski definition) is 2. The van der Waals surface area contributed by atoms with Crippen molar-refractivity contribution in [3.8, 4) is 0 Å². The lowest BCUT2D eigenvalue weighted by molar-refractivity contribution is 0.183. The van der Waals surface area contributed by atoms with Crippen molar-refractivity contribution < 1.29 is 5.11 Å². The van der Waals surface area contributed by atoms with Crippen molar-refractivity contribution in [2.75, 3.05) is 6.54 Å². The molecule has 0 heterocycles. The lowest BCUT2D eigenvalue weighted by atomic mass is 10.1. The molecule has 1 fully saturated rings. The molecule has 82 valence electrons. The molecule has 3 unspecified atom stereocenters. The van der Waals surface area contributed by atoms with Crippen molar-refractivity contribution >= 4 is 0 Å². The van der Waals surface area contributed by atoms with Crippen LogP contribution in [0.2, 0.25) is 0 Å². The number of hydrogen-bond donors (Lipinski definition) is 2. The van der Waals surface area contributed by atoms with Gasteiger partial charge in [-0.25, -0.2) is 0 Å². The number of nitrogens with one attached hydrogen (secondary N) is 1. The quantitative estimate of drug-likeness (QED) is 0.769. The molecule has 15 heavy (non-hydrogen) atoms. The van der Waals surface area contributed by atoms with E-state index in [-0.39, 0.29) is 6.10 Å². The van der Waals surface area contributed by atoms with Gasteiger partial charge in [0.1, 0.15) is 0 Å². The van der Waals surface area contributed by atoms with E-state index in [1.54, 1.807) is 0 Å². The molecule has 2 nitrogen and oxygen atoms in total. The summed E-state index contributed by atoms with van der Waals surface area (Å²) in [5.74, 6) is 0.695. The zero-order chi connectivity index (χ0) is 10.7. The van der Waals surface area contributed by atoms with Crippen LogP contribution >= 0.6 is 0 Å². The summed E-state index contributed by atoms with van der Waals surface area (Å²) in [7, 11) is 0. The van der Waals surface area contributed by atoms with E-state index in [2.05, 4.69) is 35.6 Å². The molecule has 1 saturated carbocycles. The second kappa shape index (κ2) is 4.77. The van der Waals surface area contributed by atoms with Crippen LogP contribution in [-0.4, -0.2) is 23.8 Å². The first-order chi connectivity index (χ1) is 7.27. The Hall–Kier alpha value is -0.860. The number of aliphatic hydroxyl groups excluding tert-OH is 1. The van der Waals surface area contributed by atoms with Crippen molar-refractivity contribution in [3.63, 3.8) is 0 Å². The Balaban J connectivity index is 1.72. The molecular formula is C13H19NO. The maximum absolute atomic E-state index is 9.13. The number of rotatable bonds is 5. The first-order valence-corrected chi connectivity index (χ1v) is 5.74. The van der Waals surface area contributed by atoms with Crippen molar-refractivity contribution in [1.29, 1.82) is 0 Å². The number of aliphatic hydroxyl groups is 1. The molecule has 1 aromatic rings. The highest BCUT2D eigenvalue weighted by Crippen LogP contribution is 2.40. The molecule has 0 amide bonds. The van der Waals surface area contributed by atoms with Gasteiger partial charge in [-0.05, 0) is 31.9 Å². The Morgan fingerprint density at radius 1 is 1.40 bits per heavy atom. The van der Waals surface area contributed by atoms with Gasteiger partial charge in [0.15, 0.2) is 0 Å². The minimum atomic E-state index is -0.188. The van der Waals surface area contributed by atoms with E-state index in [0.29, 0.717) is 12.0 Å². The second-order valence-corrected chi connectivity index (χ2v) is 4.45. The fourth-order valence-electron chi connectivity index (χ4n) is 1.97. The van der Waals surface area contributed by atoms with E-state index >= 15 is 0 Å². The van der Waals surface area contributed by atoms with E-state index < -0.39 is 0 Å². The Morgan fingerprint density at radius 2 is 2.13 bits per heavy atom. The molecule has 3 atom stereocenters. The van der Waals surface area contributed by atoms with Crippen LogP contribution in [0, 0.1) is 0 Å². The molecule has 0 bridgehead atoms. The largest absolute Gasteiger partial charge is 0.393 e. The minimum absolute atomic E-state index is 0.188. The number of benzene rings is 1. The van der Waals surface area contributed by atoms with Gasteiger partial charge in [0.05, 0.1) is 6.10 Å². The summed E-state index contributed by atoms with van der Waals surface area (Å²) in [4.78, 5) is 0. The normalized spacial score (nSPS) is 26.3. The van der Waals surface area contributed by atoms with Gasteiger partial charge in [-0.1, -0.05) is 30.3 Å². The molecule has 1 aliphatic carbocycles. The third-order valence-corrected chi connectivity index (χ3v) is 2.99. The Bertz CT molecular complexity index is 297. The van der Waals surface area contributed by atoms with Crippen molar-refractivity contribution in [1.82, 2.24) is 5.32 Å². The van der Waals surface area contributed by atoms with Crippen LogP contribution in [0.4, 0.5) is 0 Å². The van der Waals surface area contributed by atoms with Crippen LogP contribution in [-0.2, 0) is 0 Å². The highest BCUT2D eigenvalue weighted by atomic mass is 16.3. The average Bonchev–Trinajstić information content (AvgIpc) is 2.98. The summed E-state index contributed by atoms with van der Waals surface area (Å²) >= 11 is 0. The van der Waals surface area contributed by atoms with E-state index in [1.807, 2.05) is 6.92 Å². The predicted octanol–water partition coefficient (Wildman–Crippen LogP) is 1.90. The van der Waals surface area contributed by atoms with Crippen LogP contribution < -0.4 is 5.32 Å². The molecule has 2 N–H and O–H groups in total. The molecule has 0 aromatic heterocycles. The van der Waals surface area contributed by atoms with Crippen LogP contribution in [0.3, 0.4) is 0 Å². The SMILES string of the molecule is CC(O)CCNC1CC1c1ccccc1. The second-order valence-electron chi connectivity index (χ2n) is 4.45. The summed E-state index contributed by atoms with van der Waals surface area (Å²) in [5.41, 5.74) is 1.44. The van der Waals surface area contributed by atoms with Gasteiger partial charge in [0.25, 0.3) is 0 Å². The maximum Gasteiger partial charge on any atom is 0.0524 e. The third-order valence-electron chi connectivity index (χ3n) is 2.99. The Kier molecular flexibility index (Phi) is 3.39. The Morgan fingerprint density at radius 3 is 2.80 bits per heavy atom. The van der Waals surface area contributed by atoms with Crippen LogP contribution in [0.1, 0.15) is 31.2 Å². The molecule has 0 saturated heterocycles. The van der Waals surface area contributed by atoms with E-state index in [9.17, 15) is 0 Å². The standard InChI is InChI=1S/C13H19NO/c1-10(15)7-8-14-13-9-12(13)11-5-3-2-4-6-11/h2-6,10,12-15H,7-9H2,1H3. The molecule has 1 aliphatic rings. The summed E-state index contributed by atoms with van der Waals surface area (Å²) in [6.45, 7) is 2.76. The maximum atomic E-state index is 9.13. The highest BCUT2D eigenvalue weighted by molar-refractivity contribution is 5.27. The molecule has 2 rings (SSSR count). The fourth-order valence-corrected chi connectivity index (χ4v) is 1.97. The molecular weight excluding hydrogens is 186 g/mol. The van der Waals surface area contributed by atoms with Gasteiger partial charge in [-0.15, -0.1) is 0 Å². The van der Waals surface area contributed by atoms with Crippen LogP contribution in [0.25, 0.3) is 0 Å². The minimum Gasteiger partial charge on any atom is -0.393 e. The van der Waals surface area contributed by atoms with Crippen molar-refractivity contribution in [2.24, 2.45) is 0 Å². The van der Waals surface area contributed by atoms with E-state index in [0.717, 1.165) is 13.0 Å². The smallest absolute Gasteiger partial charge is 0.0524 e. The predicted molar refractivity (Wildman–Crippen MR) is 61.9 cm³/mol. The topological polar surface area (TPSA) is 32.3 Å². The molecule has 1 aromatic carbocycles. The first-order valence-electron chi connectivity index (χ1n) is 5.74. The summed E-state index contributed by atoms with van der Waals surface area (Å²) < 4.78 is 0. The third kappa shape index (κ3) is 3.05. The van der Waals surface area contributed by atoms with Gasteiger partial charge in [-0.2, -0.15) is 0 Å². The highest BCUT2D eigenvalue weighted by Gasteiger charge is 2.37. The van der Waals surface area contributed by atoms with Crippen molar-refractivity contribution in [3.05, 3.63) is 35.9 Å². The van der Waals surface area contributed by atoms with Crippen molar-refractivity contribution in [2.45, 2.75) is 37.8 Å². The van der Waals surface area contributed by atoms with Gasteiger partial charge < -0.3 is 10.4 Å². The molecule has 0 radical (unpaired) electrons. The van der Waals surface area contributed by atoms with Gasteiger partial charge in [-0.3, -0.25) is 0 Å². The molecule has 0 aliphatic heterocycles. The van der Waals surface area contributed by atoms with Gasteiger partial charge in [0.2, 0.25) is 0 Å². The zero-order valence-corrected chi connectivity index (χ0v) is 9.19. The van der Waals surface area contributed by atoms with Crippen LogP contribution in [0.5, 0.6) is 0 Å². The monoisotopic (exact) mass is 205 g/mol. The molecule has 2 heteroatoms.